The van der Waals surface area contributed by atoms with Crippen molar-refractivity contribution < 1.29 is 14.1 Å². The van der Waals surface area contributed by atoms with Crippen LogP contribution >= 0.6 is 0 Å². The monoisotopic (exact) mass is 332 g/mol. The predicted octanol–water partition coefficient (Wildman–Crippen LogP) is 0.146. The van der Waals surface area contributed by atoms with Gasteiger partial charge in [0.25, 0.3) is 5.89 Å². The number of nitrogens with one attached hydrogen (secondary N) is 1. The molecule has 1 aliphatic heterocycles. The lowest BCUT2D eigenvalue weighted by atomic mass is 10.2. The fourth-order valence-corrected chi connectivity index (χ4v) is 2.51. The molecule has 0 spiro atoms. The van der Waals surface area contributed by atoms with E-state index in [0.29, 0.717) is 38.0 Å². The van der Waals surface area contributed by atoms with E-state index in [1.807, 2.05) is 11.9 Å². The van der Waals surface area contributed by atoms with Crippen molar-refractivity contribution in [1.29, 1.82) is 0 Å². The van der Waals surface area contributed by atoms with Crippen molar-refractivity contribution in [1.82, 2.24) is 30.1 Å². The average molecular weight is 332 g/mol. The third kappa shape index (κ3) is 3.69. The van der Waals surface area contributed by atoms with Crippen LogP contribution in [0, 0.1) is 0 Å². The minimum absolute atomic E-state index is 0.0715. The Morgan fingerprint density at radius 2 is 2.46 bits per heavy atom. The second-order valence-electron chi connectivity index (χ2n) is 5.51. The fourth-order valence-electron chi connectivity index (χ4n) is 2.51. The molecular formula is C15H20N6O3. The summed E-state index contributed by atoms with van der Waals surface area (Å²) in [5.41, 5.74) is 0.753. The zero-order valence-electron chi connectivity index (χ0n) is 13.5. The Labute approximate surface area is 139 Å². The van der Waals surface area contributed by atoms with Gasteiger partial charge in [-0.15, -0.1) is 6.58 Å². The summed E-state index contributed by atoms with van der Waals surface area (Å²) in [4.78, 5) is 18.4. The number of aromatic nitrogens is 4. The normalized spacial score (nSPS) is 18.5. The molecule has 0 bridgehead atoms. The van der Waals surface area contributed by atoms with Gasteiger partial charge in [0.15, 0.2) is 5.82 Å². The van der Waals surface area contributed by atoms with Gasteiger partial charge in [-0.25, -0.2) is 0 Å². The molecule has 0 saturated carbocycles. The molecule has 0 unspecified atom stereocenters. The van der Waals surface area contributed by atoms with Crippen LogP contribution in [-0.2, 0) is 16.6 Å². The fraction of sp³-hybridized carbons (Fsp3) is 0.467. The summed E-state index contributed by atoms with van der Waals surface area (Å²) in [5, 5.41) is 10.9. The predicted molar refractivity (Wildman–Crippen MR) is 84.8 cm³/mol. The number of amides is 1. The molecule has 1 amide bonds. The molecule has 1 saturated heterocycles. The van der Waals surface area contributed by atoms with Gasteiger partial charge in [-0.3, -0.25) is 14.4 Å². The molecular weight excluding hydrogens is 312 g/mol. The molecule has 3 heterocycles. The van der Waals surface area contributed by atoms with E-state index >= 15 is 0 Å². The van der Waals surface area contributed by atoms with Crippen LogP contribution in [-0.4, -0.2) is 63.6 Å². The molecule has 1 atom stereocenters. The lowest BCUT2D eigenvalue weighted by molar-refractivity contribution is -0.124. The third-order valence-corrected chi connectivity index (χ3v) is 3.72. The zero-order chi connectivity index (χ0) is 16.9. The van der Waals surface area contributed by atoms with Gasteiger partial charge in [-0.1, -0.05) is 11.2 Å². The summed E-state index contributed by atoms with van der Waals surface area (Å²) in [7, 11) is 1.82. The molecule has 24 heavy (non-hydrogen) atoms. The molecule has 3 rings (SSSR count). The van der Waals surface area contributed by atoms with E-state index < -0.39 is 0 Å². The maximum absolute atomic E-state index is 12.0. The molecule has 2 aromatic rings. The maximum atomic E-state index is 12.0. The Kier molecular flexibility index (Phi) is 5.02. The van der Waals surface area contributed by atoms with E-state index in [-0.39, 0.29) is 18.5 Å². The highest BCUT2D eigenvalue weighted by Gasteiger charge is 2.30. The molecule has 9 nitrogen and oxygen atoms in total. The summed E-state index contributed by atoms with van der Waals surface area (Å²) in [6.07, 6.45) is 5.11. The van der Waals surface area contributed by atoms with Crippen LogP contribution in [0.3, 0.4) is 0 Å². The van der Waals surface area contributed by atoms with E-state index in [1.54, 1.807) is 23.2 Å². The summed E-state index contributed by atoms with van der Waals surface area (Å²) in [5.74, 6) is 0.836. The minimum atomic E-state index is -0.220. The van der Waals surface area contributed by atoms with Gasteiger partial charge in [0.05, 0.1) is 37.6 Å². The standard InChI is InChI=1S/C15H20N6O3/c1-3-4-16-13(22)9-21-5-6-23-10-12(21)14-18-15(24-19-14)11-7-17-20(2)8-11/h3,7-8,12H,1,4-6,9-10H2,2H3,(H,16,22)/t12-/m0/s1. The number of rotatable bonds is 6. The number of ether oxygens (including phenoxy) is 1. The van der Waals surface area contributed by atoms with Crippen LogP contribution in [0.25, 0.3) is 11.5 Å². The highest BCUT2D eigenvalue weighted by Crippen LogP contribution is 2.24. The van der Waals surface area contributed by atoms with Crippen molar-refractivity contribution in [3.63, 3.8) is 0 Å². The van der Waals surface area contributed by atoms with E-state index in [4.69, 9.17) is 9.26 Å². The Hall–Kier alpha value is -2.52. The van der Waals surface area contributed by atoms with Crippen LogP contribution in [0.2, 0.25) is 0 Å². The third-order valence-electron chi connectivity index (χ3n) is 3.72. The molecule has 0 radical (unpaired) electrons. The number of carbonyl (C=O) groups excluding carboxylic acids is 1. The Bertz CT molecular complexity index is 710. The van der Waals surface area contributed by atoms with Crippen LogP contribution in [0.15, 0.2) is 29.6 Å². The van der Waals surface area contributed by atoms with Crippen molar-refractivity contribution >= 4 is 5.91 Å². The SMILES string of the molecule is C=CCNC(=O)CN1CCOC[C@H]1c1noc(-c2cnn(C)c2)n1. The van der Waals surface area contributed by atoms with Gasteiger partial charge in [0.2, 0.25) is 5.91 Å². The van der Waals surface area contributed by atoms with E-state index in [0.717, 1.165) is 5.56 Å². The first kappa shape index (κ1) is 16.3. The summed E-state index contributed by atoms with van der Waals surface area (Å²) in [6, 6.07) is -0.220. The second kappa shape index (κ2) is 7.37. The Morgan fingerprint density at radius 3 is 3.21 bits per heavy atom. The topological polar surface area (TPSA) is 98.3 Å². The molecule has 128 valence electrons. The summed E-state index contributed by atoms with van der Waals surface area (Å²) in [6.45, 7) is 5.90. The van der Waals surface area contributed by atoms with Gasteiger partial charge < -0.3 is 14.6 Å². The van der Waals surface area contributed by atoms with Crippen LogP contribution in [0.4, 0.5) is 0 Å². The molecule has 9 heteroatoms. The van der Waals surface area contributed by atoms with Crippen LogP contribution < -0.4 is 5.32 Å². The highest BCUT2D eigenvalue weighted by molar-refractivity contribution is 5.78. The first-order valence-electron chi connectivity index (χ1n) is 7.69. The van der Waals surface area contributed by atoms with Crippen molar-refractivity contribution in [3.8, 4) is 11.5 Å². The van der Waals surface area contributed by atoms with Crippen molar-refractivity contribution in [2.24, 2.45) is 7.05 Å². The number of hydrogen-bond donors (Lipinski definition) is 1. The number of nitrogens with zero attached hydrogens (tertiary/aromatic N) is 5. The lowest BCUT2D eigenvalue weighted by Gasteiger charge is -2.32. The van der Waals surface area contributed by atoms with Gasteiger partial charge >= 0.3 is 0 Å². The maximum Gasteiger partial charge on any atom is 0.261 e. The summed E-state index contributed by atoms with van der Waals surface area (Å²) < 4.78 is 12.5. The van der Waals surface area contributed by atoms with E-state index in [1.165, 1.54) is 0 Å². The van der Waals surface area contributed by atoms with Crippen LogP contribution in [0.1, 0.15) is 11.9 Å². The van der Waals surface area contributed by atoms with Gasteiger partial charge in [0.1, 0.15) is 0 Å². The first-order chi connectivity index (χ1) is 11.7. The van der Waals surface area contributed by atoms with Gasteiger partial charge in [-0.2, -0.15) is 10.1 Å². The molecule has 1 aliphatic rings. The van der Waals surface area contributed by atoms with E-state index in [9.17, 15) is 4.79 Å². The zero-order valence-corrected chi connectivity index (χ0v) is 13.5. The molecule has 2 aromatic heterocycles. The van der Waals surface area contributed by atoms with Crippen molar-refractivity contribution in [3.05, 3.63) is 30.9 Å². The summed E-state index contributed by atoms with van der Waals surface area (Å²) >= 11 is 0. The Balaban J connectivity index is 1.72. The Morgan fingerprint density at radius 1 is 1.58 bits per heavy atom. The lowest BCUT2D eigenvalue weighted by Crippen LogP contribution is -2.45. The van der Waals surface area contributed by atoms with Gasteiger partial charge in [0, 0.05) is 26.3 Å². The first-order valence-corrected chi connectivity index (χ1v) is 7.69. The highest BCUT2D eigenvalue weighted by atomic mass is 16.5. The number of carbonyl (C=O) groups is 1. The number of morpholine rings is 1. The largest absolute Gasteiger partial charge is 0.378 e. The number of aryl methyl sites for hydroxylation is 1. The van der Waals surface area contributed by atoms with Crippen molar-refractivity contribution in [2.45, 2.75) is 6.04 Å². The molecule has 0 aromatic carbocycles. The molecule has 0 aliphatic carbocycles. The van der Waals surface area contributed by atoms with Crippen LogP contribution in [0.5, 0.6) is 0 Å². The minimum Gasteiger partial charge on any atom is -0.378 e. The van der Waals surface area contributed by atoms with Crippen molar-refractivity contribution in [2.75, 3.05) is 32.8 Å². The molecule has 1 N–H and O–H groups in total. The quantitative estimate of drug-likeness (QED) is 0.752. The average Bonchev–Trinajstić information content (AvgIpc) is 3.22. The van der Waals surface area contributed by atoms with Gasteiger partial charge in [-0.05, 0) is 0 Å². The molecule has 1 fully saturated rings. The smallest absolute Gasteiger partial charge is 0.261 e. The number of hydrogen-bond acceptors (Lipinski definition) is 7. The van der Waals surface area contributed by atoms with E-state index in [2.05, 4.69) is 27.1 Å². The second-order valence-corrected chi connectivity index (χ2v) is 5.51.